The first kappa shape index (κ1) is 20.4. The summed E-state index contributed by atoms with van der Waals surface area (Å²) in [6.07, 6.45) is -4.55. The first-order valence-electron chi connectivity index (χ1n) is 8.57. The average molecular weight is 414 g/mol. The Balaban J connectivity index is 1.71. The van der Waals surface area contributed by atoms with Crippen molar-refractivity contribution in [2.75, 3.05) is 20.2 Å². The van der Waals surface area contributed by atoms with Crippen LogP contribution in [0, 0.1) is 0 Å². The summed E-state index contributed by atoms with van der Waals surface area (Å²) in [4.78, 5) is 12.4. The fraction of sp³-hybridized carbons (Fsp3) is 0.316. The highest BCUT2D eigenvalue weighted by Gasteiger charge is 2.33. The van der Waals surface area contributed by atoms with Gasteiger partial charge in [-0.25, -0.2) is 0 Å². The third-order valence-electron chi connectivity index (χ3n) is 4.55. The number of nitrogens with one attached hydrogen (secondary N) is 3. The van der Waals surface area contributed by atoms with Gasteiger partial charge in [-0.2, -0.15) is 13.2 Å². The molecule has 5 nitrogen and oxygen atoms in total. The minimum Gasteiger partial charge on any atom is -0.496 e. The Morgan fingerprint density at radius 3 is 2.57 bits per heavy atom. The number of methoxy groups -OCH3 is 1. The molecule has 0 saturated carbocycles. The normalized spacial score (nSPS) is 14.9. The van der Waals surface area contributed by atoms with Crippen LogP contribution in [0.5, 0.6) is 5.75 Å². The van der Waals surface area contributed by atoms with E-state index in [1.807, 2.05) is 6.07 Å². The van der Waals surface area contributed by atoms with Gasteiger partial charge in [-0.1, -0.05) is 23.7 Å². The lowest BCUT2D eigenvalue weighted by atomic mass is 9.97. The topological polar surface area (TPSA) is 62.4 Å². The summed E-state index contributed by atoms with van der Waals surface area (Å²) in [5, 5.41) is 2.25. The second kappa shape index (κ2) is 8.38. The minimum atomic E-state index is -4.55. The molecule has 1 aliphatic heterocycles. The van der Waals surface area contributed by atoms with Crippen molar-refractivity contribution in [3.05, 3.63) is 63.7 Å². The first-order chi connectivity index (χ1) is 13.3. The molecule has 2 aromatic carbocycles. The van der Waals surface area contributed by atoms with Crippen molar-refractivity contribution in [3.8, 4) is 5.75 Å². The average Bonchev–Trinajstić information content (AvgIpc) is 3.20. The molecule has 1 fully saturated rings. The molecule has 0 bridgehead atoms. The zero-order chi connectivity index (χ0) is 20.3. The van der Waals surface area contributed by atoms with Crippen LogP contribution < -0.4 is 20.9 Å². The van der Waals surface area contributed by atoms with E-state index >= 15 is 0 Å². The first-order valence-corrected chi connectivity index (χ1v) is 8.95. The molecule has 28 heavy (non-hydrogen) atoms. The van der Waals surface area contributed by atoms with Crippen molar-refractivity contribution < 1.29 is 22.7 Å². The molecule has 1 aliphatic rings. The van der Waals surface area contributed by atoms with E-state index in [4.69, 9.17) is 16.3 Å². The van der Waals surface area contributed by atoms with Gasteiger partial charge in [-0.15, -0.1) is 0 Å². The van der Waals surface area contributed by atoms with Crippen molar-refractivity contribution >= 4 is 17.5 Å². The molecule has 0 aromatic heterocycles. The predicted octanol–water partition coefficient (Wildman–Crippen LogP) is 3.49. The van der Waals surface area contributed by atoms with E-state index < -0.39 is 17.6 Å². The van der Waals surface area contributed by atoms with E-state index in [0.717, 1.165) is 24.7 Å². The summed E-state index contributed by atoms with van der Waals surface area (Å²) in [5.74, 6) is 0.409. The molecule has 0 aliphatic carbocycles. The van der Waals surface area contributed by atoms with Gasteiger partial charge >= 0.3 is 6.18 Å². The zero-order valence-corrected chi connectivity index (χ0v) is 15.7. The standard InChI is InChI=1S/C19H19ClF3N3O2/c1-28-17-7-12(3-4-14(17)13-9-25-26-10-13)18(27)24-8-11-2-5-16(20)15(6-11)19(21,22)23/h2-7,13,25-26H,8-10H2,1H3,(H,24,27). The molecule has 0 spiro atoms. The number of amides is 1. The van der Waals surface area contributed by atoms with E-state index in [1.54, 1.807) is 12.1 Å². The summed E-state index contributed by atoms with van der Waals surface area (Å²) in [7, 11) is 1.53. The van der Waals surface area contributed by atoms with Crippen LogP contribution in [0.25, 0.3) is 0 Å². The maximum absolute atomic E-state index is 12.9. The Kier molecular flexibility index (Phi) is 6.12. The summed E-state index contributed by atoms with van der Waals surface area (Å²) in [6.45, 7) is 1.44. The summed E-state index contributed by atoms with van der Waals surface area (Å²) in [5.41, 5.74) is 6.80. The van der Waals surface area contributed by atoms with Crippen LogP contribution in [0.2, 0.25) is 5.02 Å². The lowest BCUT2D eigenvalue weighted by Gasteiger charge is -2.15. The molecule has 1 amide bonds. The van der Waals surface area contributed by atoms with Gasteiger partial charge in [-0.3, -0.25) is 15.6 Å². The van der Waals surface area contributed by atoms with E-state index in [0.29, 0.717) is 16.9 Å². The second-order valence-electron chi connectivity index (χ2n) is 6.41. The van der Waals surface area contributed by atoms with Gasteiger partial charge in [0.1, 0.15) is 5.75 Å². The Hall–Kier alpha value is -2.29. The molecule has 3 N–H and O–H groups in total. The van der Waals surface area contributed by atoms with Crippen LogP contribution in [0.4, 0.5) is 13.2 Å². The number of halogens is 4. The molecule has 0 atom stereocenters. The van der Waals surface area contributed by atoms with Gasteiger partial charge in [0.05, 0.1) is 17.7 Å². The Morgan fingerprint density at radius 2 is 1.93 bits per heavy atom. The molecule has 2 aromatic rings. The molecular weight excluding hydrogens is 395 g/mol. The fourth-order valence-corrected chi connectivity index (χ4v) is 3.28. The molecule has 9 heteroatoms. The second-order valence-corrected chi connectivity index (χ2v) is 6.82. The Morgan fingerprint density at radius 1 is 1.21 bits per heavy atom. The van der Waals surface area contributed by atoms with Gasteiger partial charge in [-0.05, 0) is 35.4 Å². The van der Waals surface area contributed by atoms with Crippen LogP contribution in [-0.4, -0.2) is 26.1 Å². The smallest absolute Gasteiger partial charge is 0.417 e. The largest absolute Gasteiger partial charge is 0.496 e. The predicted molar refractivity (Wildman–Crippen MR) is 99.4 cm³/mol. The molecule has 1 heterocycles. The van der Waals surface area contributed by atoms with Crippen molar-refractivity contribution in [3.63, 3.8) is 0 Å². The van der Waals surface area contributed by atoms with Crippen LogP contribution >= 0.6 is 11.6 Å². The van der Waals surface area contributed by atoms with Crippen molar-refractivity contribution in [2.45, 2.75) is 18.6 Å². The fourth-order valence-electron chi connectivity index (χ4n) is 3.06. The number of hydrogen-bond donors (Lipinski definition) is 3. The van der Waals surface area contributed by atoms with Crippen LogP contribution in [0.3, 0.4) is 0 Å². The molecular formula is C19H19ClF3N3O2. The quantitative estimate of drug-likeness (QED) is 0.702. The monoisotopic (exact) mass is 413 g/mol. The number of hydrogen-bond acceptors (Lipinski definition) is 4. The van der Waals surface area contributed by atoms with Gasteiger partial charge in [0.25, 0.3) is 5.91 Å². The highest BCUT2D eigenvalue weighted by molar-refractivity contribution is 6.31. The maximum Gasteiger partial charge on any atom is 0.417 e. The lowest BCUT2D eigenvalue weighted by Crippen LogP contribution is -2.23. The highest BCUT2D eigenvalue weighted by atomic mass is 35.5. The molecule has 0 unspecified atom stereocenters. The van der Waals surface area contributed by atoms with Gasteiger partial charge in [0, 0.05) is 31.1 Å². The molecule has 0 radical (unpaired) electrons. The van der Waals surface area contributed by atoms with Crippen molar-refractivity contribution in [2.24, 2.45) is 0 Å². The maximum atomic E-state index is 12.9. The van der Waals surface area contributed by atoms with Crippen LogP contribution in [0.1, 0.15) is 33.0 Å². The summed E-state index contributed by atoms with van der Waals surface area (Å²) >= 11 is 5.61. The number of hydrazine groups is 1. The van der Waals surface area contributed by atoms with Crippen molar-refractivity contribution in [1.29, 1.82) is 0 Å². The number of alkyl halides is 3. The van der Waals surface area contributed by atoms with Gasteiger partial charge in [0.2, 0.25) is 0 Å². The van der Waals surface area contributed by atoms with Crippen LogP contribution in [0.15, 0.2) is 36.4 Å². The third kappa shape index (κ3) is 4.57. The van der Waals surface area contributed by atoms with Crippen molar-refractivity contribution in [1.82, 2.24) is 16.2 Å². The third-order valence-corrected chi connectivity index (χ3v) is 4.88. The van der Waals surface area contributed by atoms with Gasteiger partial charge < -0.3 is 10.1 Å². The molecule has 150 valence electrons. The highest BCUT2D eigenvalue weighted by Crippen LogP contribution is 2.35. The van der Waals surface area contributed by atoms with Gasteiger partial charge in [0.15, 0.2) is 0 Å². The van der Waals surface area contributed by atoms with E-state index in [1.165, 1.54) is 19.2 Å². The Bertz CT molecular complexity index is 868. The van der Waals surface area contributed by atoms with Crippen LogP contribution in [-0.2, 0) is 12.7 Å². The molecule has 1 saturated heterocycles. The number of rotatable bonds is 5. The number of carbonyl (C=O) groups is 1. The molecule has 3 rings (SSSR count). The van der Waals surface area contributed by atoms with E-state index in [2.05, 4.69) is 16.2 Å². The lowest BCUT2D eigenvalue weighted by molar-refractivity contribution is -0.137. The van der Waals surface area contributed by atoms with E-state index in [-0.39, 0.29) is 17.5 Å². The summed E-state index contributed by atoms with van der Waals surface area (Å²) < 4.78 is 44.2. The zero-order valence-electron chi connectivity index (χ0n) is 15.0. The number of benzene rings is 2. The van der Waals surface area contributed by atoms with E-state index in [9.17, 15) is 18.0 Å². The minimum absolute atomic E-state index is 0.0559. The summed E-state index contributed by atoms with van der Waals surface area (Å²) in [6, 6.07) is 8.69. The number of ether oxygens (including phenoxy) is 1. The Labute approximate surface area is 165 Å². The SMILES string of the molecule is COc1cc(C(=O)NCc2ccc(Cl)c(C(F)(F)F)c2)ccc1C1CNNC1. The number of carbonyl (C=O) groups excluding carboxylic acids is 1.